The number of halogens is 1. The number of hydrogen-bond acceptors (Lipinski definition) is 2. The molecule has 1 atom stereocenters. The molecule has 1 aliphatic carbocycles. The predicted octanol–water partition coefficient (Wildman–Crippen LogP) is 3.12. The average molecular weight is 309 g/mol. The van der Waals surface area contributed by atoms with Crippen LogP contribution in [0.15, 0.2) is 22.7 Å². The van der Waals surface area contributed by atoms with Gasteiger partial charge in [0.15, 0.2) is 0 Å². The first kappa shape index (κ1) is 12.6. The molecule has 0 saturated carbocycles. The lowest BCUT2D eigenvalue weighted by Gasteiger charge is -2.18. The molecule has 2 aliphatic rings. The third kappa shape index (κ3) is 2.79. The van der Waals surface area contributed by atoms with Gasteiger partial charge in [-0.1, -0.05) is 22.0 Å². The van der Waals surface area contributed by atoms with Crippen molar-refractivity contribution in [1.29, 1.82) is 0 Å². The molecule has 0 spiro atoms. The molecule has 1 heterocycles. The summed E-state index contributed by atoms with van der Waals surface area (Å²) in [7, 11) is 0. The van der Waals surface area contributed by atoms with Crippen LogP contribution >= 0.6 is 15.9 Å². The maximum Gasteiger partial charge on any atom is 0.0326 e. The van der Waals surface area contributed by atoms with E-state index in [1.54, 1.807) is 0 Å². The summed E-state index contributed by atoms with van der Waals surface area (Å²) in [6.45, 7) is 4.94. The van der Waals surface area contributed by atoms with Crippen LogP contribution in [0.1, 0.15) is 36.4 Å². The quantitative estimate of drug-likeness (QED) is 0.919. The maximum atomic E-state index is 3.73. The minimum Gasteiger partial charge on any atom is -0.309 e. The van der Waals surface area contributed by atoms with Crippen molar-refractivity contribution < 1.29 is 0 Å². The van der Waals surface area contributed by atoms with E-state index in [9.17, 15) is 0 Å². The van der Waals surface area contributed by atoms with Crippen LogP contribution in [0.3, 0.4) is 0 Å². The zero-order chi connectivity index (χ0) is 12.4. The lowest BCUT2D eigenvalue weighted by Crippen LogP contribution is -2.31. The zero-order valence-electron chi connectivity index (χ0n) is 10.8. The van der Waals surface area contributed by atoms with E-state index in [1.165, 1.54) is 60.9 Å². The van der Waals surface area contributed by atoms with E-state index in [1.807, 2.05) is 0 Å². The molecule has 1 aliphatic heterocycles. The Morgan fingerprint density at radius 2 is 2.11 bits per heavy atom. The summed E-state index contributed by atoms with van der Waals surface area (Å²) in [5.41, 5.74) is 3.03. The lowest BCUT2D eigenvalue weighted by atomic mass is 10.1. The Kier molecular flexibility index (Phi) is 4.02. The van der Waals surface area contributed by atoms with E-state index in [0.717, 1.165) is 6.54 Å². The van der Waals surface area contributed by atoms with E-state index in [0.29, 0.717) is 6.04 Å². The van der Waals surface area contributed by atoms with Gasteiger partial charge >= 0.3 is 0 Å². The molecule has 2 nitrogen and oxygen atoms in total. The van der Waals surface area contributed by atoms with Gasteiger partial charge in [0.05, 0.1) is 0 Å². The van der Waals surface area contributed by atoms with Crippen molar-refractivity contribution in [2.45, 2.75) is 31.7 Å². The molecule has 0 amide bonds. The number of nitrogens with zero attached hydrogens (tertiary/aromatic N) is 1. The van der Waals surface area contributed by atoms with Gasteiger partial charge in [0.1, 0.15) is 0 Å². The Morgan fingerprint density at radius 1 is 1.28 bits per heavy atom. The van der Waals surface area contributed by atoms with Gasteiger partial charge in [0.25, 0.3) is 0 Å². The Bertz CT molecular complexity index is 413. The minimum atomic E-state index is 0.579. The summed E-state index contributed by atoms with van der Waals surface area (Å²) >= 11 is 3.56. The second kappa shape index (κ2) is 5.72. The van der Waals surface area contributed by atoms with Crippen LogP contribution in [0.4, 0.5) is 0 Å². The highest BCUT2D eigenvalue weighted by Crippen LogP contribution is 2.32. The smallest absolute Gasteiger partial charge is 0.0326 e. The standard InChI is InChI=1S/C15H21BrN2/c16-13-4-5-14-12(11-13)3-6-15(14)17-7-10-18-8-1-2-9-18/h4-5,11,15,17H,1-3,6-10H2. The number of nitrogens with one attached hydrogen (secondary N) is 1. The van der Waals surface area contributed by atoms with Crippen molar-refractivity contribution in [2.75, 3.05) is 26.2 Å². The molecule has 1 aromatic rings. The lowest BCUT2D eigenvalue weighted by molar-refractivity contribution is 0.327. The van der Waals surface area contributed by atoms with Gasteiger partial charge in [-0.3, -0.25) is 0 Å². The molecule has 1 saturated heterocycles. The Hall–Kier alpha value is -0.380. The monoisotopic (exact) mass is 308 g/mol. The fourth-order valence-corrected chi connectivity index (χ4v) is 3.61. The SMILES string of the molecule is Brc1ccc2c(c1)CCC2NCCN1CCCC1. The van der Waals surface area contributed by atoms with Crippen LogP contribution in [-0.2, 0) is 6.42 Å². The summed E-state index contributed by atoms with van der Waals surface area (Å²) in [5.74, 6) is 0. The third-order valence-corrected chi connectivity index (χ3v) is 4.69. The van der Waals surface area contributed by atoms with E-state index < -0.39 is 0 Å². The van der Waals surface area contributed by atoms with Gasteiger partial charge in [0, 0.05) is 23.6 Å². The highest BCUT2D eigenvalue weighted by molar-refractivity contribution is 9.10. The van der Waals surface area contributed by atoms with Crippen LogP contribution in [-0.4, -0.2) is 31.1 Å². The van der Waals surface area contributed by atoms with Gasteiger partial charge < -0.3 is 10.2 Å². The summed E-state index contributed by atoms with van der Waals surface area (Å²) in [4.78, 5) is 2.57. The first-order valence-electron chi connectivity index (χ1n) is 7.07. The molecular formula is C15H21BrN2. The first-order chi connectivity index (χ1) is 8.83. The Labute approximate surface area is 118 Å². The van der Waals surface area contributed by atoms with E-state index in [-0.39, 0.29) is 0 Å². The summed E-state index contributed by atoms with van der Waals surface area (Å²) in [5, 5.41) is 3.73. The Balaban J connectivity index is 1.53. The minimum absolute atomic E-state index is 0.579. The van der Waals surface area contributed by atoms with Gasteiger partial charge in [-0.2, -0.15) is 0 Å². The van der Waals surface area contributed by atoms with E-state index in [2.05, 4.69) is 44.3 Å². The van der Waals surface area contributed by atoms with Crippen molar-refractivity contribution in [1.82, 2.24) is 10.2 Å². The summed E-state index contributed by atoms with van der Waals surface area (Å²) < 4.78 is 1.21. The van der Waals surface area contributed by atoms with Crippen LogP contribution in [0.2, 0.25) is 0 Å². The number of rotatable bonds is 4. The van der Waals surface area contributed by atoms with Crippen LogP contribution < -0.4 is 5.32 Å². The number of aryl methyl sites for hydroxylation is 1. The predicted molar refractivity (Wildman–Crippen MR) is 78.9 cm³/mol. The van der Waals surface area contributed by atoms with Crippen molar-refractivity contribution in [2.24, 2.45) is 0 Å². The molecule has 0 aromatic heterocycles. The summed E-state index contributed by atoms with van der Waals surface area (Å²) in [6, 6.07) is 7.30. The largest absolute Gasteiger partial charge is 0.309 e. The van der Waals surface area contributed by atoms with Crippen molar-refractivity contribution in [3.8, 4) is 0 Å². The molecule has 1 N–H and O–H groups in total. The van der Waals surface area contributed by atoms with E-state index in [4.69, 9.17) is 0 Å². The molecule has 98 valence electrons. The number of fused-ring (bicyclic) bond motifs is 1. The average Bonchev–Trinajstić information content (AvgIpc) is 2.99. The van der Waals surface area contributed by atoms with Gasteiger partial charge in [-0.25, -0.2) is 0 Å². The highest BCUT2D eigenvalue weighted by atomic mass is 79.9. The first-order valence-corrected chi connectivity index (χ1v) is 7.86. The molecule has 0 radical (unpaired) electrons. The molecule has 3 heteroatoms. The molecule has 3 rings (SSSR count). The molecular weight excluding hydrogens is 288 g/mol. The fraction of sp³-hybridized carbons (Fsp3) is 0.600. The van der Waals surface area contributed by atoms with Crippen molar-refractivity contribution in [3.05, 3.63) is 33.8 Å². The van der Waals surface area contributed by atoms with Gasteiger partial charge in [-0.05, 0) is 62.0 Å². The second-order valence-corrected chi connectivity index (χ2v) is 6.35. The molecule has 1 unspecified atom stereocenters. The normalized spacial score (nSPS) is 23.5. The fourth-order valence-electron chi connectivity index (χ4n) is 3.20. The second-order valence-electron chi connectivity index (χ2n) is 5.44. The zero-order valence-corrected chi connectivity index (χ0v) is 12.4. The maximum absolute atomic E-state index is 3.73. The van der Waals surface area contributed by atoms with Crippen molar-refractivity contribution >= 4 is 15.9 Å². The Morgan fingerprint density at radius 3 is 2.94 bits per heavy atom. The molecule has 1 aromatic carbocycles. The number of likely N-dealkylation sites (tertiary alicyclic amines) is 1. The van der Waals surface area contributed by atoms with E-state index >= 15 is 0 Å². The number of benzene rings is 1. The molecule has 1 fully saturated rings. The topological polar surface area (TPSA) is 15.3 Å². The molecule has 0 bridgehead atoms. The van der Waals surface area contributed by atoms with Gasteiger partial charge in [-0.15, -0.1) is 0 Å². The summed E-state index contributed by atoms with van der Waals surface area (Å²) in [6.07, 6.45) is 5.25. The number of hydrogen-bond donors (Lipinski definition) is 1. The van der Waals surface area contributed by atoms with Crippen LogP contribution in [0, 0.1) is 0 Å². The molecule has 18 heavy (non-hydrogen) atoms. The van der Waals surface area contributed by atoms with Gasteiger partial charge in [0.2, 0.25) is 0 Å². The third-order valence-electron chi connectivity index (χ3n) is 4.20. The van der Waals surface area contributed by atoms with Crippen LogP contribution in [0.25, 0.3) is 0 Å². The van der Waals surface area contributed by atoms with Crippen molar-refractivity contribution in [3.63, 3.8) is 0 Å². The van der Waals surface area contributed by atoms with Crippen LogP contribution in [0.5, 0.6) is 0 Å². The highest BCUT2D eigenvalue weighted by Gasteiger charge is 2.22.